The van der Waals surface area contributed by atoms with Gasteiger partial charge in [-0.1, -0.05) is 12.1 Å². The van der Waals surface area contributed by atoms with Gasteiger partial charge in [0, 0.05) is 11.0 Å². The van der Waals surface area contributed by atoms with E-state index in [-0.39, 0.29) is 5.91 Å². The predicted molar refractivity (Wildman–Crippen MR) is 68.9 cm³/mol. The topological polar surface area (TPSA) is 42.2 Å². The zero-order valence-corrected chi connectivity index (χ0v) is 10.7. The molecule has 1 aromatic carbocycles. The minimum absolute atomic E-state index is 0.0685. The van der Waals surface area contributed by atoms with Gasteiger partial charge in [0.2, 0.25) is 0 Å². The molecule has 0 aliphatic carbocycles. The SMILES string of the molecule is O=C(NCCc1ccoc1)c1ccccc1Br. The second-order valence-electron chi connectivity index (χ2n) is 3.62. The summed E-state index contributed by atoms with van der Waals surface area (Å²) in [5.41, 5.74) is 1.73. The van der Waals surface area contributed by atoms with Crippen LogP contribution in [-0.4, -0.2) is 12.5 Å². The molecule has 0 bridgehead atoms. The summed E-state index contributed by atoms with van der Waals surface area (Å²) in [6, 6.07) is 9.26. The molecule has 4 heteroatoms. The van der Waals surface area contributed by atoms with Crippen molar-refractivity contribution in [2.75, 3.05) is 6.54 Å². The van der Waals surface area contributed by atoms with Crippen molar-refractivity contribution in [2.24, 2.45) is 0 Å². The lowest BCUT2D eigenvalue weighted by Gasteiger charge is -2.05. The number of furan rings is 1. The highest BCUT2D eigenvalue weighted by Gasteiger charge is 2.08. The molecule has 1 heterocycles. The van der Waals surface area contributed by atoms with Crippen LogP contribution in [0.2, 0.25) is 0 Å². The van der Waals surface area contributed by atoms with Crippen molar-refractivity contribution in [1.82, 2.24) is 5.32 Å². The number of benzene rings is 1. The fourth-order valence-corrected chi connectivity index (χ4v) is 1.96. The number of rotatable bonds is 4. The van der Waals surface area contributed by atoms with Gasteiger partial charge in [-0.05, 0) is 46.1 Å². The molecule has 0 saturated carbocycles. The average Bonchev–Trinajstić information content (AvgIpc) is 2.82. The van der Waals surface area contributed by atoms with Crippen LogP contribution in [0.1, 0.15) is 15.9 Å². The molecule has 1 N–H and O–H groups in total. The standard InChI is InChI=1S/C13H12BrNO2/c14-12-4-2-1-3-11(12)13(16)15-7-5-10-6-8-17-9-10/h1-4,6,8-9H,5,7H2,(H,15,16). The van der Waals surface area contributed by atoms with Crippen LogP contribution in [0, 0.1) is 0 Å². The summed E-state index contributed by atoms with van der Waals surface area (Å²) in [4.78, 5) is 11.8. The molecule has 3 nitrogen and oxygen atoms in total. The Kier molecular flexibility index (Phi) is 3.98. The van der Waals surface area contributed by atoms with Crippen molar-refractivity contribution < 1.29 is 9.21 Å². The monoisotopic (exact) mass is 293 g/mol. The van der Waals surface area contributed by atoms with E-state index in [2.05, 4.69) is 21.2 Å². The number of carbonyl (C=O) groups excluding carboxylic acids is 1. The van der Waals surface area contributed by atoms with E-state index >= 15 is 0 Å². The Hall–Kier alpha value is -1.55. The van der Waals surface area contributed by atoms with E-state index in [0.717, 1.165) is 16.5 Å². The number of halogens is 1. The van der Waals surface area contributed by atoms with E-state index in [0.29, 0.717) is 12.1 Å². The van der Waals surface area contributed by atoms with Crippen molar-refractivity contribution in [3.63, 3.8) is 0 Å². The van der Waals surface area contributed by atoms with Crippen molar-refractivity contribution in [3.8, 4) is 0 Å². The molecule has 0 spiro atoms. The zero-order chi connectivity index (χ0) is 12.1. The van der Waals surface area contributed by atoms with E-state index < -0.39 is 0 Å². The highest BCUT2D eigenvalue weighted by molar-refractivity contribution is 9.10. The lowest BCUT2D eigenvalue weighted by Crippen LogP contribution is -2.25. The second-order valence-corrected chi connectivity index (χ2v) is 4.47. The quantitative estimate of drug-likeness (QED) is 0.942. The van der Waals surface area contributed by atoms with Gasteiger partial charge in [0.25, 0.3) is 5.91 Å². The van der Waals surface area contributed by atoms with Gasteiger partial charge in [-0.15, -0.1) is 0 Å². The third kappa shape index (κ3) is 3.20. The molecule has 2 aromatic rings. The largest absolute Gasteiger partial charge is 0.472 e. The van der Waals surface area contributed by atoms with Crippen LogP contribution in [0.3, 0.4) is 0 Å². The Balaban J connectivity index is 1.88. The molecule has 0 saturated heterocycles. The smallest absolute Gasteiger partial charge is 0.252 e. The van der Waals surface area contributed by atoms with Crippen LogP contribution >= 0.6 is 15.9 Å². The van der Waals surface area contributed by atoms with Gasteiger partial charge in [-0.3, -0.25) is 4.79 Å². The number of carbonyl (C=O) groups is 1. The predicted octanol–water partition coefficient (Wildman–Crippen LogP) is 3.01. The normalized spacial score (nSPS) is 10.2. The molecule has 0 unspecified atom stereocenters. The Bertz CT molecular complexity index is 494. The van der Waals surface area contributed by atoms with Crippen LogP contribution in [0.25, 0.3) is 0 Å². The molecule has 0 aliphatic heterocycles. The van der Waals surface area contributed by atoms with Gasteiger partial charge >= 0.3 is 0 Å². The maximum atomic E-state index is 11.8. The Labute approximate surface area is 108 Å². The second kappa shape index (κ2) is 5.68. The van der Waals surface area contributed by atoms with Gasteiger partial charge in [0.1, 0.15) is 0 Å². The maximum absolute atomic E-state index is 11.8. The van der Waals surface area contributed by atoms with E-state index in [1.165, 1.54) is 0 Å². The zero-order valence-electron chi connectivity index (χ0n) is 9.15. The number of nitrogens with one attached hydrogen (secondary N) is 1. The van der Waals surface area contributed by atoms with Crippen LogP contribution in [0.4, 0.5) is 0 Å². The van der Waals surface area contributed by atoms with Crippen molar-refractivity contribution in [3.05, 3.63) is 58.5 Å². The van der Waals surface area contributed by atoms with Gasteiger partial charge < -0.3 is 9.73 Å². The molecule has 1 aromatic heterocycles. The first kappa shape index (κ1) is 11.9. The fraction of sp³-hybridized carbons (Fsp3) is 0.154. The first-order valence-corrected chi connectivity index (χ1v) is 6.10. The van der Waals surface area contributed by atoms with E-state index in [1.54, 1.807) is 18.6 Å². The van der Waals surface area contributed by atoms with E-state index in [4.69, 9.17) is 4.42 Å². The first-order valence-electron chi connectivity index (χ1n) is 5.31. The molecule has 0 fully saturated rings. The maximum Gasteiger partial charge on any atom is 0.252 e. The molecular weight excluding hydrogens is 282 g/mol. The van der Waals surface area contributed by atoms with Crippen molar-refractivity contribution >= 4 is 21.8 Å². The minimum Gasteiger partial charge on any atom is -0.472 e. The first-order chi connectivity index (χ1) is 8.27. The van der Waals surface area contributed by atoms with Gasteiger partial charge in [-0.25, -0.2) is 0 Å². The Morgan fingerprint density at radius 2 is 2.12 bits per heavy atom. The van der Waals surface area contributed by atoms with Gasteiger partial charge in [-0.2, -0.15) is 0 Å². The van der Waals surface area contributed by atoms with Gasteiger partial charge in [0.15, 0.2) is 0 Å². The minimum atomic E-state index is -0.0685. The van der Waals surface area contributed by atoms with Crippen LogP contribution in [0.5, 0.6) is 0 Å². The van der Waals surface area contributed by atoms with Gasteiger partial charge in [0.05, 0.1) is 18.1 Å². The summed E-state index contributed by atoms with van der Waals surface area (Å²) < 4.78 is 5.76. The fourth-order valence-electron chi connectivity index (χ4n) is 1.50. The Morgan fingerprint density at radius 3 is 2.82 bits per heavy atom. The molecule has 1 amide bonds. The molecule has 0 aliphatic rings. The molecule has 88 valence electrons. The number of amides is 1. The third-order valence-electron chi connectivity index (χ3n) is 2.40. The highest BCUT2D eigenvalue weighted by Crippen LogP contribution is 2.15. The summed E-state index contributed by atoms with van der Waals surface area (Å²) >= 11 is 3.35. The lowest BCUT2D eigenvalue weighted by molar-refractivity contribution is 0.0953. The molecule has 17 heavy (non-hydrogen) atoms. The summed E-state index contributed by atoms with van der Waals surface area (Å²) in [6.07, 6.45) is 4.09. The summed E-state index contributed by atoms with van der Waals surface area (Å²) in [6.45, 7) is 0.597. The number of hydrogen-bond acceptors (Lipinski definition) is 2. The van der Waals surface area contributed by atoms with Crippen LogP contribution in [-0.2, 0) is 6.42 Å². The molecule has 0 radical (unpaired) electrons. The molecule has 2 rings (SSSR count). The third-order valence-corrected chi connectivity index (χ3v) is 3.09. The highest BCUT2D eigenvalue weighted by atomic mass is 79.9. The van der Waals surface area contributed by atoms with Crippen LogP contribution < -0.4 is 5.32 Å². The average molecular weight is 294 g/mol. The van der Waals surface area contributed by atoms with Crippen LogP contribution in [0.15, 0.2) is 51.7 Å². The van der Waals surface area contributed by atoms with Crippen molar-refractivity contribution in [2.45, 2.75) is 6.42 Å². The number of hydrogen-bond donors (Lipinski definition) is 1. The molecule has 0 atom stereocenters. The Morgan fingerprint density at radius 1 is 1.29 bits per heavy atom. The summed E-state index contributed by atoms with van der Waals surface area (Å²) in [5.74, 6) is -0.0685. The summed E-state index contributed by atoms with van der Waals surface area (Å²) in [5, 5.41) is 2.87. The van der Waals surface area contributed by atoms with E-state index in [1.807, 2.05) is 24.3 Å². The summed E-state index contributed by atoms with van der Waals surface area (Å²) in [7, 11) is 0. The molecular formula is C13H12BrNO2. The van der Waals surface area contributed by atoms with E-state index in [9.17, 15) is 4.79 Å². The van der Waals surface area contributed by atoms with Crippen molar-refractivity contribution in [1.29, 1.82) is 0 Å². The lowest BCUT2D eigenvalue weighted by atomic mass is 10.2.